The van der Waals surface area contributed by atoms with Crippen molar-refractivity contribution in [3.63, 3.8) is 0 Å². The van der Waals surface area contributed by atoms with Crippen LogP contribution in [0.15, 0.2) is 59.6 Å². The van der Waals surface area contributed by atoms with Gasteiger partial charge in [0, 0.05) is 0 Å². The number of hydrogen-bond acceptors (Lipinski definition) is 3. The molecule has 3 aromatic rings. The van der Waals surface area contributed by atoms with Crippen molar-refractivity contribution in [2.24, 2.45) is 0 Å². The average molecular weight is 312 g/mol. The molecular weight excluding hydrogens is 296 g/mol. The van der Waals surface area contributed by atoms with Crippen LogP contribution in [0, 0.1) is 6.92 Å². The van der Waals surface area contributed by atoms with E-state index in [-0.39, 0.29) is 0 Å². The Labute approximate surface area is 131 Å². The van der Waals surface area contributed by atoms with E-state index in [4.69, 9.17) is 0 Å². The first-order valence-corrected chi connectivity index (χ1v) is 8.04. The molecule has 6 heteroatoms. The molecule has 112 valence electrons. The summed E-state index contributed by atoms with van der Waals surface area (Å²) >= 11 is 0. The van der Waals surface area contributed by atoms with Crippen molar-refractivity contribution in [3.8, 4) is 11.1 Å². The minimum absolute atomic E-state index is 0.406. The second-order valence-corrected chi connectivity index (χ2v) is 6.24. The third-order valence-electron chi connectivity index (χ3n) is 3.30. The first kappa shape index (κ1) is 14.6. The minimum atomic E-state index is -1.27. The van der Waals surface area contributed by atoms with Crippen molar-refractivity contribution in [3.05, 3.63) is 66.0 Å². The fraction of sp³-hybridized carbons (Fsp3) is 0.125. The third-order valence-corrected chi connectivity index (χ3v) is 4.41. The van der Waals surface area contributed by atoms with E-state index in [1.54, 1.807) is 6.20 Å². The van der Waals surface area contributed by atoms with E-state index in [1.807, 2.05) is 24.3 Å². The van der Waals surface area contributed by atoms with Gasteiger partial charge in [0.05, 0.1) is 23.3 Å². The summed E-state index contributed by atoms with van der Waals surface area (Å²) in [6.45, 7) is 2.47. The minimum Gasteiger partial charge on any atom is -0.237 e. The molecule has 0 bridgehead atoms. The van der Waals surface area contributed by atoms with Gasteiger partial charge in [-0.05, 0) is 30.2 Å². The summed E-state index contributed by atoms with van der Waals surface area (Å²) in [5.74, 6) is 0. The molecule has 0 aliphatic carbocycles. The fourth-order valence-electron chi connectivity index (χ4n) is 2.05. The number of nitrogens with zero attached hydrogens (tertiary/aromatic N) is 2. The van der Waals surface area contributed by atoms with Crippen LogP contribution in [0.25, 0.3) is 11.1 Å². The van der Waals surface area contributed by atoms with Gasteiger partial charge in [-0.25, -0.2) is 8.93 Å². The van der Waals surface area contributed by atoms with Gasteiger partial charge in [0.1, 0.15) is 11.0 Å². The number of nitrogens with one attached hydrogen (secondary N) is 2. The molecule has 0 spiro atoms. The Bertz CT molecular complexity index is 752. The van der Waals surface area contributed by atoms with Crippen molar-refractivity contribution in [2.45, 2.75) is 18.4 Å². The van der Waals surface area contributed by atoms with Crippen molar-refractivity contribution in [2.75, 3.05) is 0 Å². The standard InChI is InChI=1S/C16H16N4OS/c1-12-2-4-13(5-3-12)14-6-8-16(9-7-14)22(21)18-11-15-10-17-20-19-15/h2-10,18H,11H2,1H3,(H,17,19,20). The molecule has 5 nitrogen and oxygen atoms in total. The Morgan fingerprint density at radius 2 is 1.68 bits per heavy atom. The average Bonchev–Trinajstić information content (AvgIpc) is 3.07. The number of benzene rings is 2. The Kier molecular flexibility index (Phi) is 4.41. The molecule has 1 heterocycles. The highest BCUT2D eigenvalue weighted by molar-refractivity contribution is 7.83. The topological polar surface area (TPSA) is 70.7 Å². The van der Waals surface area contributed by atoms with Gasteiger partial charge >= 0.3 is 0 Å². The zero-order chi connectivity index (χ0) is 15.4. The summed E-state index contributed by atoms with van der Waals surface area (Å²) < 4.78 is 15.1. The van der Waals surface area contributed by atoms with E-state index in [2.05, 4.69) is 51.3 Å². The lowest BCUT2D eigenvalue weighted by Gasteiger charge is -2.06. The molecule has 2 aromatic carbocycles. The summed E-state index contributed by atoms with van der Waals surface area (Å²) in [7, 11) is -1.27. The number of aromatic nitrogens is 3. The predicted molar refractivity (Wildman–Crippen MR) is 86.2 cm³/mol. The summed E-state index contributed by atoms with van der Waals surface area (Å²) in [5, 5.41) is 10.1. The summed E-state index contributed by atoms with van der Waals surface area (Å²) in [6, 6.07) is 16.1. The summed E-state index contributed by atoms with van der Waals surface area (Å²) in [5.41, 5.74) is 4.22. The van der Waals surface area contributed by atoms with E-state index >= 15 is 0 Å². The van der Waals surface area contributed by atoms with E-state index in [1.165, 1.54) is 5.56 Å². The van der Waals surface area contributed by atoms with Crippen LogP contribution in [0.3, 0.4) is 0 Å². The lowest BCUT2D eigenvalue weighted by molar-refractivity contribution is 0.670. The maximum atomic E-state index is 12.2. The van der Waals surface area contributed by atoms with Crippen molar-refractivity contribution < 1.29 is 4.21 Å². The van der Waals surface area contributed by atoms with E-state index in [0.717, 1.165) is 21.7 Å². The Balaban J connectivity index is 1.68. The van der Waals surface area contributed by atoms with Crippen LogP contribution < -0.4 is 4.72 Å². The highest BCUT2D eigenvalue weighted by Crippen LogP contribution is 2.21. The van der Waals surface area contributed by atoms with Gasteiger partial charge in [0.15, 0.2) is 0 Å². The molecule has 0 radical (unpaired) electrons. The van der Waals surface area contributed by atoms with Crippen LogP contribution in [0.4, 0.5) is 0 Å². The lowest BCUT2D eigenvalue weighted by Crippen LogP contribution is -2.16. The molecule has 0 fully saturated rings. The first-order valence-electron chi connectivity index (χ1n) is 6.89. The fourth-order valence-corrected chi connectivity index (χ4v) is 2.88. The lowest BCUT2D eigenvalue weighted by atomic mass is 10.0. The van der Waals surface area contributed by atoms with Crippen LogP contribution in [-0.2, 0) is 17.5 Å². The number of aromatic amines is 1. The van der Waals surface area contributed by atoms with Gasteiger partial charge in [-0.1, -0.05) is 42.0 Å². The quantitative estimate of drug-likeness (QED) is 0.761. The number of hydrogen-bond donors (Lipinski definition) is 2. The predicted octanol–water partition coefficient (Wildman–Crippen LogP) is 2.59. The molecule has 0 aliphatic heterocycles. The molecule has 3 rings (SSSR count). The second-order valence-electron chi connectivity index (χ2n) is 4.94. The van der Waals surface area contributed by atoms with E-state index < -0.39 is 11.0 Å². The molecule has 0 aliphatic rings. The molecule has 1 atom stereocenters. The SMILES string of the molecule is Cc1ccc(-c2ccc(S(=O)NCc3cn[nH]n3)cc2)cc1. The molecule has 1 unspecified atom stereocenters. The zero-order valence-corrected chi connectivity index (χ0v) is 12.9. The smallest absolute Gasteiger partial charge is 0.125 e. The van der Waals surface area contributed by atoms with Gasteiger partial charge in [0.2, 0.25) is 0 Å². The first-order chi connectivity index (χ1) is 10.7. The summed E-state index contributed by atoms with van der Waals surface area (Å²) in [6.07, 6.45) is 1.60. The second kappa shape index (κ2) is 6.64. The normalized spacial score (nSPS) is 12.2. The molecule has 22 heavy (non-hydrogen) atoms. The zero-order valence-electron chi connectivity index (χ0n) is 12.1. The number of H-pyrrole nitrogens is 1. The van der Waals surface area contributed by atoms with Crippen molar-refractivity contribution in [1.82, 2.24) is 20.1 Å². The molecule has 0 saturated heterocycles. The van der Waals surface area contributed by atoms with Crippen LogP contribution >= 0.6 is 0 Å². The van der Waals surface area contributed by atoms with E-state index in [0.29, 0.717) is 6.54 Å². The van der Waals surface area contributed by atoms with Crippen molar-refractivity contribution in [1.29, 1.82) is 0 Å². The van der Waals surface area contributed by atoms with Gasteiger partial charge in [-0.15, -0.1) is 0 Å². The van der Waals surface area contributed by atoms with Crippen LogP contribution in [-0.4, -0.2) is 19.6 Å². The van der Waals surface area contributed by atoms with E-state index in [9.17, 15) is 4.21 Å². The van der Waals surface area contributed by atoms with Crippen LogP contribution in [0.5, 0.6) is 0 Å². The Morgan fingerprint density at radius 3 is 2.27 bits per heavy atom. The molecular formula is C16H16N4OS. The molecule has 0 saturated carbocycles. The van der Waals surface area contributed by atoms with Gasteiger partial charge < -0.3 is 0 Å². The maximum Gasteiger partial charge on any atom is 0.125 e. The largest absolute Gasteiger partial charge is 0.237 e. The van der Waals surface area contributed by atoms with Crippen LogP contribution in [0.2, 0.25) is 0 Å². The number of aryl methyl sites for hydroxylation is 1. The van der Waals surface area contributed by atoms with Crippen LogP contribution in [0.1, 0.15) is 11.3 Å². The van der Waals surface area contributed by atoms with Gasteiger partial charge in [0.25, 0.3) is 0 Å². The Morgan fingerprint density at radius 1 is 1.05 bits per heavy atom. The monoisotopic (exact) mass is 312 g/mol. The molecule has 0 amide bonds. The molecule has 1 aromatic heterocycles. The third kappa shape index (κ3) is 3.47. The highest BCUT2D eigenvalue weighted by Gasteiger charge is 2.05. The van der Waals surface area contributed by atoms with Crippen molar-refractivity contribution >= 4 is 11.0 Å². The van der Waals surface area contributed by atoms with Gasteiger partial charge in [-0.3, -0.25) is 0 Å². The van der Waals surface area contributed by atoms with Gasteiger partial charge in [-0.2, -0.15) is 15.4 Å². The number of rotatable bonds is 5. The summed E-state index contributed by atoms with van der Waals surface area (Å²) in [4.78, 5) is 0.736. The Hall–Kier alpha value is -2.31. The highest BCUT2D eigenvalue weighted by atomic mass is 32.2. The molecule has 2 N–H and O–H groups in total. The maximum absolute atomic E-state index is 12.2.